The summed E-state index contributed by atoms with van der Waals surface area (Å²) in [5.74, 6) is -1.84. The van der Waals surface area contributed by atoms with E-state index in [1.54, 1.807) is 11.3 Å². The Morgan fingerprint density at radius 1 is 1.09 bits per heavy atom. The van der Waals surface area contributed by atoms with Gasteiger partial charge in [0.15, 0.2) is 0 Å². The first kappa shape index (κ1) is 16.5. The van der Waals surface area contributed by atoms with Crippen molar-refractivity contribution in [1.82, 2.24) is 9.21 Å². The average Bonchev–Trinajstić information content (AvgIpc) is 3.00. The summed E-state index contributed by atoms with van der Waals surface area (Å²) in [6.45, 7) is 2.53. The lowest BCUT2D eigenvalue weighted by Crippen LogP contribution is -2.48. The maximum atomic E-state index is 13.8. The van der Waals surface area contributed by atoms with Crippen molar-refractivity contribution >= 4 is 21.4 Å². The predicted octanol–water partition coefficient (Wildman–Crippen LogP) is 2.53. The van der Waals surface area contributed by atoms with Gasteiger partial charge < -0.3 is 0 Å². The summed E-state index contributed by atoms with van der Waals surface area (Å²) >= 11 is 1.63. The maximum absolute atomic E-state index is 13.8. The Balaban J connectivity index is 1.68. The monoisotopic (exact) mass is 358 g/mol. The third-order valence-electron chi connectivity index (χ3n) is 3.83. The number of benzene rings is 1. The van der Waals surface area contributed by atoms with Gasteiger partial charge in [-0.2, -0.15) is 15.6 Å². The van der Waals surface area contributed by atoms with Gasteiger partial charge in [0.25, 0.3) is 0 Å². The van der Waals surface area contributed by atoms with E-state index in [2.05, 4.69) is 10.3 Å². The zero-order chi connectivity index (χ0) is 16.4. The van der Waals surface area contributed by atoms with Crippen LogP contribution in [0.3, 0.4) is 0 Å². The highest BCUT2D eigenvalue weighted by atomic mass is 32.2. The van der Waals surface area contributed by atoms with E-state index in [1.165, 1.54) is 9.87 Å². The summed E-state index contributed by atoms with van der Waals surface area (Å²) in [6.07, 6.45) is 0. The Kier molecular flexibility index (Phi) is 4.77. The molecule has 2 aromatic rings. The van der Waals surface area contributed by atoms with Crippen LogP contribution < -0.4 is 0 Å². The van der Waals surface area contributed by atoms with Gasteiger partial charge in [-0.1, -0.05) is 0 Å². The fourth-order valence-corrected chi connectivity index (χ4v) is 4.72. The molecule has 0 saturated carbocycles. The SMILES string of the molecule is O=S(=O)(c1ccc(F)cc1F)N1CCN(Cc2ccsc2)CC1. The van der Waals surface area contributed by atoms with Crippen LogP contribution in [0.1, 0.15) is 5.56 Å². The van der Waals surface area contributed by atoms with Crippen LogP contribution in [0.4, 0.5) is 8.78 Å². The van der Waals surface area contributed by atoms with Crippen molar-refractivity contribution in [3.05, 3.63) is 52.2 Å². The molecule has 0 radical (unpaired) electrons. The number of sulfonamides is 1. The second-order valence-electron chi connectivity index (χ2n) is 5.39. The summed E-state index contributed by atoms with van der Waals surface area (Å²) in [4.78, 5) is 1.69. The van der Waals surface area contributed by atoms with Crippen molar-refractivity contribution in [2.75, 3.05) is 26.2 Å². The topological polar surface area (TPSA) is 40.6 Å². The molecule has 3 rings (SSSR count). The van der Waals surface area contributed by atoms with E-state index in [0.29, 0.717) is 32.2 Å². The van der Waals surface area contributed by atoms with E-state index in [4.69, 9.17) is 0 Å². The molecule has 0 bridgehead atoms. The molecule has 1 aromatic carbocycles. The molecule has 0 atom stereocenters. The van der Waals surface area contributed by atoms with Crippen LogP contribution in [0.25, 0.3) is 0 Å². The average molecular weight is 358 g/mol. The Bertz CT molecular complexity index is 771. The lowest BCUT2D eigenvalue weighted by atomic mass is 10.3. The minimum Gasteiger partial charge on any atom is -0.296 e. The van der Waals surface area contributed by atoms with Gasteiger partial charge in [0, 0.05) is 38.8 Å². The van der Waals surface area contributed by atoms with Crippen LogP contribution >= 0.6 is 11.3 Å². The first-order chi connectivity index (χ1) is 11.0. The molecule has 0 spiro atoms. The summed E-state index contributed by atoms with van der Waals surface area (Å²) < 4.78 is 53.0. The number of hydrogen-bond donors (Lipinski definition) is 0. The molecule has 1 aliphatic rings. The van der Waals surface area contributed by atoms with Gasteiger partial charge in [-0.15, -0.1) is 0 Å². The van der Waals surface area contributed by atoms with Crippen LogP contribution in [0.5, 0.6) is 0 Å². The van der Waals surface area contributed by atoms with Crippen molar-refractivity contribution in [3.8, 4) is 0 Å². The third kappa shape index (κ3) is 3.60. The lowest BCUT2D eigenvalue weighted by molar-refractivity contribution is 0.181. The van der Waals surface area contributed by atoms with Crippen molar-refractivity contribution < 1.29 is 17.2 Å². The second kappa shape index (κ2) is 6.64. The summed E-state index contributed by atoms with van der Waals surface area (Å²) in [7, 11) is -3.93. The van der Waals surface area contributed by atoms with Crippen LogP contribution in [0, 0.1) is 11.6 Å². The Labute approximate surface area is 138 Å². The maximum Gasteiger partial charge on any atom is 0.246 e. The van der Waals surface area contributed by atoms with E-state index < -0.39 is 26.6 Å². The van der Waals surface area contributed by atoms with E-state index in [-0.39, 0.29) is 0 Å². The van der Waals surface area contributed by atoms with Crippen molar-refractivity contribution in [2.24, 2.45) is 0 Å². The molecule has 1 aliphatic heterocycles. The smallest absolute Gasteiger partial charge is 0.246 e. The fourth-order valence-electron chi connectivity index (χ4n) is 2.59. The molecule has 23 heavy (non-hydrogen) atoms. The van der Waals surface area contributed by atoms with E-state index >= 15 is 0 Å². The molecule has 0 N–H and O–H groups in total. The molecule has 0 aliphatic carbocycles. The van der Waals surface area contributed by atoms with Gasteiger partial charge in [0.2, 0.25) is 10.0 Å². The molecular formula is C15H16F2N2O2S2. The zero-order valence-corrected chi connectivity index (χ0v) is 13.9. The van der Waals surface area contributed by atoms with Gasteiger partial charge in [-0.05, 0) is 34.5 Å². The first-order valence-corrected chi connectivity index (χ1v) is 9.54. The molecule has 2 heterocycles. The zero-order valence-electron chi connectivity index (χ0n) is 12.3. The molecule has 1 aromatic heterocycles. The largest absolute Gasteiger partial charge is 0.296 e. The number of halogens is 2. The fraction of sp³-hybridized carbons (Fsp3) is 0.333. The second-order valence-corrected chi connectivity index (χ2v) is 8.07. The van der Waals surface area contributed by atoms with Crippen molar-refractivity contribution in [3.63, 3.8) is 0 Å². The molecule has 124 valence electrons. The number of hydrogen-bond acceptors (Lipinski definition) is 4. The number of piperazine rings is 1. The summed E-state index contributed by atoms with van der Waals surface area (Å²) in [5, 5.41) is 4.07. The molecular weight excluding hydrogens is 342 g/mol. The van der Waals surface area contributed by atoms with E-state index in [9.17, 15) is 17.2 Å². The van der Waals surface area contributed by atoms with Crippen LogP contribution in [0.2, 0.25) is 0 Å². The lowest BCUT2D eigenvalue weighted by Gasteiger charge is -2.33. The normalized spacial score (nSPS) is 17.5. The van der Waals surface area contributed by atoms with Gasteiger partial charge in [-0.3, -0.25) is 4.90 Å². The standard InChI is InChI=1S/C15H16F2N2O2S2/c16-13-1-2-15(14(17)9-13)23(20,21)19-6-4-18(5-7-19)10-12-3-8-22-11-12/h1-3,8-9,11H,4-7,10H2. The minimum atomic E-state index is -3.93. The van der Waals surface area contributed by atoms with Gasteiger partial charge in [0.1, 0.15) is 16.5 Å². The third-order valence-corrected chi connectivity index (χ3v) is 6.49. The summed E-state index contributed by atoms with van der Waals surface area (Å²) in [5.41, 5.74) is 1.20. The van der Waals surface area contributed by atoms with Crippen molar-refractivity contribution in [2.45, 2.75) is 11.4 Å². The molecule has 1 fully saturated rings. The highest BCUT2D eigenvalue weighted by Gasteiger charge is 2.30. The summed E-state index contributed by atoms with van der Waals surface area (Å²) in [6, 6.07) is 4.59. The van der Waals surface area contributed by atoms with E-state index in [1.807, 2.05) is 11.4 Å². The minimum absolute atomic E-state index is 0.295. The highest BCUT2D eigenvalue weighted by Crippen LogP contribution is 2.22. The molecule has 8 heteroatoms. The van der Waals surface area contributed by atoms with Crippen LogP contribution in [-0.2, 0) is 16.6 Å². The Morgan fingerprint density at radius 2 is 1.83 bits per heavy atom. The number of nitrogens with zero attached hydrogens (tertiary/aromatic N) is 2. The molecule has 1 saturated heterocycles. The quantitative estimate of drug-likeness (QED) is 0.843. The Morgan fingerprint density at radius 3 is 2.43 bits per heavy atom. The highest BCUT2D eigenvalue weighted by molar-refractivity contribution is 7.89. The van der Waals surface area contributed by atoms with Gasteiger partial charge in [-0.25, -0.2) is 17.2 Å². The molecule has 0 amide bonds. The van der Waals surface area contributed by atoms with Crippen LogP contribution in [0.15, 0.2) is 39.9 Å². The number of rotatable bonds is 4. The van der Waals surface area contributed by atoms with Crippen LogP contribution in [-0.4, -0.2) is 43.8 Å². The van der Waals surface area contributed by atoms with Gasteiger partial charge >= 0.3 is 0 Å². The van der Waals surface area contributed by atoms with E-state index in [0.717, 1.165) is 18.7 Å². The number of thiophene rings is 1. The molecule has 4 nitrogen and oxygen atoms in total. The predicted molar refractivity (Wildman–Crippen MR) is 84.7 cm³/mol. The van der Waals surface area contributed by atoms with Gasteiger partial charge in [0.05, 0.1) is 0 Å². The first-order valence-electron chi connectivity index (χ1n) is 7.15. The molecule has 0 unspecified atom stereocenters. The van der Waals surface area contributed by atoms with Crippen molar-refractivity contribution in [1.29, 1.82) is 0 Å². The Hall–Kier alpha value is -1.35.